The molecule has 1 amide bonds. The molecule has 1 aliphatic heterocycles. The van der Waals surface area contributed by atoms with Crippen LogP contribution in [0, 0.1) is 0 Å². The zero-order valence-corrected chi connectivity index (χ0v) is 18.8. The number of rotatable bonds is 9. The van der Waals surface area contributed by atoms with Gasteiger partial charge in [0.2, 0.25) is 0 Å². The molecule has 1 fully saturated rings. The van der Waals surface area contributed by atoms with E-state index in [1.807, 2.05) is 30.9 Å². The van der Waals surface area contributed by atoms with Crippen LogP contribution in [0.5, 0.6) is 11.5 Å². The summed E-state index contributed by atoms with van der Waals surface area (Å²) in [5.74, 6) is 1.68. The molecule has 3 rings (SSSR count). The smallest absolute Gasteiger partial charge is 0.254 e. The molecule has 164 valence electrons. The van der Waals surface area contributed by atoms with Gasteiger partial charge in [0.25, 0.3) is 5.91 Å². The molecule has 2 heterocycles. The minimum Gasteiger partial charge on any atom is -0.490 e. The summed E-state index contributed by atoms with van der Waals surface area (Å²) in [4.78, 5) is 17.8. The van der Waals surface area contributed by atoms with E-state index in [0.29, 0.717) is 41.8 Å². The minimum atomic E-state index is -0.0779. The number of hydrogen-bond donors (Lipinski definition) is 0. The Bertz CT molecular complexity index is 817. The van der Waals surface area contributed by atoms with Gasteiger partial charge in [-0.2, -0.15) is 0 Å². The molecule has 2 aromatic rings. The van der Waals surface area contributed by atoms with Crippen LogP contribution in [-0.4, -0.2) is 55.1 Å². The maximum atomic E-state index is 13.6. The SMILES string of the molecule is CCCOc1c(Cl)cc(C(=O)N(Cc2ccco2)C2CCN(C)CC2)cc1OCC. The predicted molar refractivity (Wildman–Crippen MR) is 118 cm³/mol. The molecule has 1 saturated heterocycles. The molecule has 0 unspecified atom stereocenters. The number of piperidine rings is 1. The number of hydrogen-bond acceptors (Lipinski definition) is 5. The number of furan rings is 1. The number of nitrogens with zero attached hydrogens (tertiary/aromatic N) is 2. The fraction of sp³-hybridized carbons (Fsp3) is 0.522. The van der Waals surface area contributed by atoms with Gasteiger partial charge in [-0.3, -0.25) is 4.79 Å². The van der Waals surface area contributed by atoms with Crippen LogP contribution in [0.3, 0.4) is 0 Å². The first-order chi connectivity index (χ1) is 14.5. The number of amides is 1. The fourth-order valence-electron chi connectivity index (χ4n) is 3.71. The minimum absolute atomic E-state index is 0.0779. The highest BCUT2D eigenvalue weighted by Crippen LogP contribution is 2.37. The number of carbonyl (C=O) groups is 1. The van der Waals surface area contributed by atoms with E-state index in [0.717, 1.165) is 38.1 Å². The number of ether oxygens (including phenoxy) is 2. The Balaban J connectivity index is 1.90. The predicted octanol–water partition coefficient (Wildman–Crippen LogP) is 4.86. The van der Waals surface area contributed by atoms with Crippen LogP contribution in [0.4, 0.5) is 0 Å². The average molecular weight is 435 g/mol. The van der Waals surface area contributed by atoms with Gasteiger partial charge < -0.3 is 23.7 Å². The van der Waals surface area contributed by atoms with Gasteiger partial charge in [0.1, 0.15) is 5.76 Å². The highest BCUT2D eigenvalue weighted by molar-refractivity contribution is 6.32. The Morgan fingerprint density at radius 3 is 2.67 bits per heavy atom. The van der Waals surface area contributed by atoms with Crippen molar-refractivity contribution < 1.29 is 18.7 Å². The molecule has 1 aliphatic rings. The first-order valence-corrected chi connectivity index (χ1v) is 11.0. The van der Waals surface area contributed by atoms with Crippen molar-refractivity contribution in [3.05, 3.63) is 46.9 Å². The van der Waals surface area contributed by atoms with Crippen molar-refractivity contribution in [2.75, 3.05) is 33.4 Å². The quantitative estimate of drug-likeness (QED) is 0.564. The summed E-state index contributed by atoms with van der Waals surface area (Å²) in [7, 11) is 2.11. The lowest BCUT2D eigenvalue weighted by molar-refractivity contribution is 0.0550. The number of carbonyl (C=O) groups excluding carboxylic acids is 1. The monoisotopic (exact) mass is 434 g/mol. The van der Waals surface area contributed by atoms with Crippen LogP contribution >= 0.6 is 11.6 Å². The zero-order chi connectivity index (χ0) is 21.5. The Labute approximate surface area is 183 Å². The Hall–Kier alpha value is -2.18. The van der Waals surface area contributed by atoms with E-state index >= 15 is 0 Å². The molecule has 1 aromatic heterocycles. The van der Waals surface area contributed by atoms with Gasteiger partial charge >= 0.3 is 0 Å². The summed E-state index contributed by atoms with van der Waals surface area (Å²) < 4.78 is 17.1. The van der Waals surface area contributed by atoms with E-state index in [2.05, 4.69) is 11.9 Å². The van der Waals surface area contributed by atoms with Crippen molar-refractivity contribution in [3.63, 3.8) is 0 Å². The maximum Gasteiger partial charge on any atom is 0.254 e. The molecule has 0 atom stereocenters. The van der Waals surface area contributed by atoms with Gasteiger partial charge in [-0.25, -0.2) is 0 Å². The van der Waals surface area contributed by atoms with Crippen molar-refractivity contribution in [2.45, 2.75) is 45.7 Å². The summed E-state index contributed by atoms with van der Waals surface area (Å²) in [6.45, 7) is 7.27. The molecule has 0 saturated carbocycles. The van der Waals surface area contributed by atoms with Crippen molar-refractivity contribution in [1.29, 1.82) is 0 Å². The molecule has 0 spiro atoms. The molecule has 0 bridgehead atoms. The molecular formula is C23H31ClN2O4. The van der Waals surface area contributed by atoms with Crippen LogP contribution in [0.2, 0.25) is 5.02 Å². The second-order valence-corrected chi connectivity index (χ2v) is 8.02. The van der Waals surface area contributed by atoms with Crippen molar-refractivity contribution in [1.82, 2.24) is 9.80 Å². The lowest BCUT2D eigenvalue weighted by atomic mass is 10.0. The number of likely N-dealkylation sites (tertiary alicyclic amines) is 1. The number of benzene rings is 1. The maximum absolute atomic E-state index is 13.6. The third-order valence-corrected chi connectivity index (χ3v) is 5.58. The van der Waals surface area contributed by atoms with E-state index in [9.17, 15) is 4.79 Å². The molecule has 30 heavy (non-hydrogen) atoms. The third-order valence-electron chi connectivity index (χ3n) is 5.30. The molecule has 1 aromatic carbocycles. The van der Waals surface area contributed by atoms with Crippen LogP contribution < -0.4 is 9.47 Å². The van der Waals surface area contributed by atoms with Crippen molar-refractivity contribution >= 4 is 17.5 Å². The van der Waals surface area contributed by atoms with E-state index in [-0.39, 0.29) is 11.9 Å². The molecule has 0 N–H and O–H groups in total. The van der Waals surface area contributed by atoms with E-state index < -0.39 is 0 Å². The van der Waals surface area contributed by atoms with Crippen LogP contribution in [0.15, 0.2) is 34.9 Å². The Morgan fingerprint density at radius 1 is 1.27 bits per heavy atom. The molecule has 7 heteroatoms. The zero-order valence-electron chi connectivity index (χ0n) is 18.0. The second-order valence-electron chi connectivity index (χ2n) is 7.61. The molecular weight excluding hydrogens is 404 g/mol. The van der Waals surface area contributed by atoms with Gasteiger partial charge in [-0.15, -0.1) is 0 Å². The number of halogens is 1. The lowest BCUT2D eigenvalue weighted by Crippen LogP contribution is -2.46. The summed E-state index contributed by atoms with van der Waals surface area (Å²) in [5.41, 5.74) is 0.498. The third kappa shape index (κ3) is 5.49. The largest absolute Gasteiger partial charge is 0.490 e. The standard InChI is InChI=1S/C23H31ClN2O4/c1-4-12-30-22-20(24)14-17(15-21(22)28-5-2)23(27)26(16-19-7-6-13-29-19)18-8-10-25(3)11-9-18/h6-7,13-15,18H,4-5,8-12,16H2,1-3H3. The topological polar surface area (TPSA) is 55.2 Å². The van der Waals surface area contributed by atoms with Crippen molar-refractivity contribution in [2.24, 2.45) is 0 Å². The molecule has 0 radical (unpaired) electrons. The normalized spacial score (nSPS) is 15.2. The summed E-state index contributed by atoms with van der Waals surface area (Å²) >= 11 is 6.50. The van der Waals surface area contributed by atoms with Gasteiger partial charge in [-0.1, -0.05) is 18.5 Å². The summed E-state index contributed by atoms with van der Waals surface area (Å²) in [6.07, 6.45) is 4.34. The van der Waals surface area contributed by atoms with Crippen LogP contribution in [0.25, 0.3) is 0 Å². The van der Waals surface area contributed by atoms with E-state index in [1.165, 1.54) is 0 Å². The van der Waals surface area contributed by atoms with Crippen LogP contribution in [0.1, 0.15) is 49.2 Å². The van der Waals surface area contributed by atoms with Crippen molar-refractivity contribution in [3.8, 4) is 11.5 Å². The highest BCUT2D eigenvalue weighted by atomic mass is 35.5. The Morgan fingerprint density at radius 2 is 2.03 bits per heavy atom. The summed E-state index contributed by atoms with van der Waals surface area (Å²) in [6, 6.07) is 7.31. The van der Waals surface area contributed by atoms with Gasteiger partial charge in [0, 0.05) is 11.6 Å². The molecule has 0 aliphatic carbocycles. The van der Waals surface area contributed by atoms with Gasteiger partial charge in [-0.05, 0) is 70.6 Å². The highest BCUT2D eigenvalue weighted by Gasteiger charge is 2.29. The van der Waals surface area contributed by atoms with Gasteiger partial charge in [0.05, 0.1) is 31.0 Å². The average Bonchev–Trinajstić information content (AvgIpc) is 3.25. The second kappa shape index (κ2) is 10.7. The fourth-order valence-corrected chi connectivity index (χ4v) is 3.97. The van der Waals surface area contributed by atoms with Gasteiger partial charge in [0.15, 0.2) is 11.5 Å². The van der Waals surface area contributed by atoms with E-state index in [1.54, 1.807) is 18.4 Å². The molecule has 6 nitrogen and oxygen atoms in total. The van der Waals surface area contributed by atoms with Crippen LogP contribution in [-0.2, 0) is 6.54 Å². The first-order valence-electron chi connectivity index (χ1n) is 10.6. The lowest BCUT2D eigenvalue weighted by Gasteiger charge is -2.37. The van der Waals surface area contributed by atoms with E-state index in [4.69, 9.17) is 25.5 Å². The first kappa shape index (κ1) is 22.5. The summed E-state index contributed by atoms with van der Waals surface area (Å²) in [5, 5.41) is 0.388. The Kier molecular flexibility index (Phi) is 8.05.